The summed E-state index contributed by atoms with van der Waals surface area (Å²) in [5.74, 6) is 5.62. The minimum absolute atomic E-state index is 0.273. The van der Waals surface area contributed by atoms with Crippen LogP contribution in [-0.4, -0.2) is 5.91 Å². The van der Waals surface area contributed by atoms with Gasteiger partial charge in [-0.2, -0.15) is 0 Å². The molecule has 0 saturated carbocycles. The third-order valence-corrected chi connectivity index (χ3v) is 4.19. The van der Waals surface area contributed by atoms with Crippen molar-refractivity contribution in [2.75, 3.05) is 5.73 Å². The molecule has 0 atom stereocenters. The zero-order valence-electron chi connectivity index (χ0n) is 11.2. The van der Waals surface area contributed by atoms with Gasteiger partial charge in [-0.25, -0.2) is 5.84 Å². The van der Waals surface area contributed by atoms with Gasteiger partial charge in [0.15, 0.2) is 0 Å². The fourth-order valence-electron chi connectivity index (χ4n) is 1.87. The van der Waals surface area contributed by atoms with Crippen molar-refractivity contribution in [3.63, 3.8) is 0 Å². The molecule has 0 spiro atoms. The highest BCUT2D eigenvalue weighted by atomic mass is 32.2. The van der Waals surface area contributed by atoms with Crippen molar-refractivity contribution >= 4 is 23.4 Å². The van der Waals surface area contributed by atoms with Crippen LogP contribution in [0.25, 0.3) is 0 Å². The van der Waals surface area contributed by atoms with Gasteiger partial charge in [-0.3, -0.25) is 10.2 Å². The quantitative estimate of drug-likeness (QED) is 0.265. The smallest absolute Gasteiger partial charge is 0.265 e. The van der Waals surface area contributed by atoms with Crippen LogP contribution in [0, 0.1) is 6.92 Å². The predicted octanol–water partition coefficient (Wildman–Crippen LogP) is 2.47. The van der Waals surface area contributed by atoms with Crippen molar-refractivity contribution in [2.24, 2.45) is 5.84 Å². The minimum atomic E-state index is -0.273. The minimum Gasteiger partial charge on any atom is -0.399 e. The fourth-order valence-corrected chi connectivity index (χ4v) is 2.95. The van der Waals surface area contributed by atoms with Crippen LogP contribution in [0.1, 0.15) is 21.5 Å². The fraction of sp³-hybridized carbons (Fsp3) is 0.133. The van der Waals surface area contributed by atoms with Crippen molar-refractivity contribution < 1.29 is 4.79 Å². The van der Waals surface area contributed by atoms with E-state index >= 15 is 0 Å². The standard InChI is InChI=1S/C15H17N3OS/c1-10-6-7-12(16)8-14(10)20-9-11-4-2-3-5-13(11)15(19)18-17/h2-8H,9,16-17H2,1H3,(H,18,19). The molecule has 0 heterocycles. The number of nitrogen functional groups attached to an aromatic ring is 2. The van der Waals surface area contributed by atoms with Gasteiger partial charge in [-0.15, -0.1) is 11.8 Å². The van der Waals surface area contributed by atoms with Crippen LogP contribution >= 0.6 is 11.8 Å². The van der Waals surface area contributed by atoms with Crippen LogP contribution in [0.2, 0.25) is 0 Å². The Bertz CT molecular complexity index is 628. The second kappa shape index (κ2) is 6.45. The van der Waals surface area contributed by atoms with E-state index in [-0.39, 0.29) is 5.91 Å². The number of carbonyl (C=O) groups is 1. The molecule has 104 valence electrons. The summed E-state index contributed by atoms with van der Waals surface area (Å²) in [5.41, 5.74) is 11.4. The molecule has 0 aliphatic rings. The Labute approximate surface area is 122 Å². The van der Waals surface area contributed by atoms with Crippen LogP contribution in [0.3, 0.4) is 0 Å². The van der Waals surface area contributed by atoms with Crippen LogP contribution in [0.4, 0.5) is 5.69 Å². The number of aryl methyl sites for hydroxylation is 1. The normalized spacial score (nSPS) is 10.3. The van der Waals surface area contributed by atoms with Crippen LogP contribution in [-0.2, 0) is 5.75 Å². The molecule has 4 nitrogen and oxygen atoms in total. The van der Waals surface area contributed by atoms with Gasteiger partial charge in [-0.05, 0) is 36.2 Å². The lowest BCUT2D eigenvalue weighted by Crippen LogP contribution is -2.30. The van der Waals surface area contributed by atoms with Crippen molar-refractivity contribution in [2.45, 2.75) is 17.6 Å². The van der Waals surface area contributed by atoms with Gasteiger partial charge >= 0.3 is 0 Å². The Kier molecular flexibility index (Phi) is 4.65. The summed E-state index contributed by atoms with van der Waals surface area (Å²) < 4.78 is 0. The summed E-state index contributed by atoms with van der Waals surface area (Å²) in [4.78, 5) is 12.8. The summed E-state index contributed by atoms with van der Waals surface area (Å²) >= 11 is 1.66. The van der Waals surface area contributed by atoms with Gasteiger partial charge in [0.1, 0.15) is 0 Å². The molecule has 1 amide bonds. The second-order valence-corrected chi connectivity index (χ2v) is 5.46. The van der Waals surface area contributed by atoms with E-state index in [0.29, 0.717) is 11.3 Å². The average Bonchev–Trinajstić information content (AvgIpc) is 2.47. The monoisotopic (exact) mass is 287 g/mol. The number of hydrogen-bond donors (Lipinski definition) is 3. The molecule has 0 bridgehead atoms. The van der Waals surface area contributed by atoms with Gasteiger partial charge < -0.3 is 5.73 Å². The van der Waals surface area contributed by atoms with Gasteiger partial charge in [0.2, 0.25) is 0 Å². The molecule has 0 aliphatic carbocycles. The van der Waals surface area contributed by atoms with Crippen molar-refractivity contribution in [1.82, 2.24) is 5.43 Å². The molecule has 0 saturated heterocycles. The number of hydrogen-bond acceptors (Lipinski definition) is 4. The number of amides is 1. The molecule has 2 aromatic rings. The lowest BCUT2D eigenvalue weighted by molar-refractivity contribution is 0.0953. The van der Waals surface area contributed by atoms with Crippen LogP contribution < -0.4 is 17.0 Å². The Morgan fingerprint density at radius 3 is 2.75 bits per heavy atom. The molecule has 0 fully saturated rings. The second-order valence-electron chi connectivity index (χ2n) is 4.44. The molecular weight excluding hydrogens is 270 g/mol. The third kappa shape index (κ3) is 3.31. The highest BCUT2D eigenvalue weighted by Crippen LogP contribution is 2.28. The van der Waals surface area contributed by atoms with E-state index in [1.807, 2.05) is 43.3 Å². The van der Waals surface area contributed by atoms with Gasteiger partial charge in [-0.1, -0.05) is 24.3 Å². The summed E-state index contributed by atoms with van der Waals surface area (Å²) in [6.07, 6.45) is 0. The number of thioether (sulfide) groups is 1. The zero-order chi connectivity index (χ0) is 14.5. The first-order valence-electron chi connectivity index (χ1n) is 6.19. The Morgan fingerprint density at radius 2 is 2.00 bits per heavy atom. The number of nitrogens with two attached hydrogens (primary N) is 2. The highest BCUT2D eigenvalue weighted by molar-refractivity contribution is 7.98. The summed E-state index contributed by atoms with van der Waals surface area (Å²) in [6, 6.07) is 13.3. The van der Waals surface area contributed by atoms with Gasteiger partial charge in [0.25, 0.3) is 5.91 Å². The number of carbonyl (C=O) groups excluding carboxylic acids is 1. The summed E-state index contributed by atoms with van der Waals surface area (Å²) in [5, 5.41) is 0. The van der Waals surface area contributed by atoms with E-state index in [4.69, 9.17) is 11.6 Å². The van der Waals surface area contributed by atoms with Crippen LogP contribution in [0.5, 0.6) is 0 Å². The molecular formula is C15H17N3OS. The molecule has 2 aromatic carbocycles. The number of nitrogens with one attached hydrogen (secondary N) is 1. The summed E-state index contributed by atoms with van der Waals surface area (Å²) in [7, 11) is 0. The Balaban J connectivity index is 2.19. The molecule has 0 aliphatic heterocycles. The van der Waals surface area contributed by atoms with E-state index in [1.54, 1.807) is 17.8 Å². The van der Waals surface area contributed by atoms with Crippen LogP contribution in [0.15, 0.2) is 47.4 Å². The number of benzene rings is 2. The van der Waals surface area contributed by atoms with E-state index in [0.717, 1.165) is 16.1 Å². The van der Waals surface area contributed by atoms with Crippen molar-refractivity contribution in [3.8, 4) is 0 Å². The first-order chi connectivity index (χ1) is 9.61. The average molecular weight is 287 g/mol. The molecule has 5 N–H and O–H groups in total. The topological polar surface area (TPSA) is 81.1 Å². The Morgan fingerprint density at radius 1 is 1.25 bits per heavy atom. The zero-order valence-corrected chi connectivity index (χ0v) is 12.0. The predicted molar refractivity (Wildman–Crippen MR) is 83.2 cm³/mol. The van der Waals surface area contributed by atoms with Gasteiger partial charge in [0.05, 0.1) is 0 Å². The lowest BCUT2D eigenvalue weighted by Gasteiger charge is -2.10. The Hall–Kier alpha value is -1.98. The molecule has 20 heavy (non-hydrogen) atoms. The first-order valence-corrected chi connectivity index (χ1v) is 7.18. The maximum atomic E-state index is 11.7. The van der Waals surface area contributed by atoms with E-state index < -0.39 is 0 Å². The van der Waals surface area contributed by atoms with Crippen molar-refractivity contribution in [1.29, 1.82) is 0 Å². The maximum absolute atomic E-state index is 11.7. The SMILES string of the molecule is Cc1ccc(N)cc1SCc1ccccc1C(=O)NN. The van der Waals surface area contributed by atoms with E-state index in [9.17, 15) is 4.79 Å². The molecule has 0 aromatic heterocycles. The largest absolute Gasteiger partial charge is 0.399 e. The molecule has 0 unspecified atom stereocenters. The molecule has 5 heteroatoms. The number of anilines is 1. The molecule has 2 rings (SSSR count). The molecule has 0 radical (unpaired) electrons. The first kappa shape index (κ1) is 14.4. The highest BCUT2D eigenvalue weighted by Gasteiger charge is 2.10. The maximum Gasteiger partial charge on any atom is 0.265 e. The lowest BCUT2D eigenvalue weighted by atomic mass is 10.1. The summed E-state index contributed by atoms with van der Waals surface area (Å²) in [6.45, 7) is 2.04. The van der Waals surface area contributed by atoms with Gasteiger partial charge in [0, 0.05) is 21.9 Å². The van der Waals surface area contributed by atoms with E-state index in [1.165, 1.54) is 5.56 Å². The third-order valence-electron chi connectivity index (χ3n) is 2.99. The van der Waals surface area contributed by atoms with E-state index in [2.05, 4.69) is 5.43 Å². The number of hydrazine groups is 1. The van der Waals surface area contributed by atoms with Crippen molar-refractivity contribution in [3.05, 3.63) is 59.2 Å². The number of rotatable bonds is 4.